The summed E-state index contributed by atoms with van der Waals surface area (Å²) in [6.45, 7) is 2.46. The number of nitrogens with one attached hydrogen (secondary N) is 2. The van der Waals surface area contributed by atoms with Crippen molar-refractivity contribution in [3.63, 3.8) is 0 Å². The molecule has 0 radical (unpaired) electrons. The highest BCUT2D eigenvalue weighted by Gasteiger charge is 2.17. The van der Waals surface area contributed by atoms with Crippen LogP contribution in [0.25, 0.3) is 0 Å². The van der Waals surface area contributed by atoms with E-state index in [1.807, 2.05) is 6.92 Å². The molecule has 0 aliphatic rings. The molecular formula is C14H16FN3O2S. The van der Waals surface area contributed by atoms with Crippen molar-refractivity contribution in [1.82, 2.24) is 10.3 Å². The lowest BCUT2D eigenvalue weighted by atomic mass is 10.1. The van der Waals surface area contributed by atoms with Crippen LogP contribution in [-0.4, -0.2) is 20.4 Å². The summed E-state index contributed by atoms with van der Waals surface area (Å²) >= 11 is 0. The largest absolute Gasteiger partial charge is 0.316 e. The lowest BCUT2D eigenvalue weighted by Gasteiger charge is -2.11. The number of benzene rings is 1. The van der Waals surface area contributed by atoms with Gasteiger partial charge >= 0.3 is 0 Å². The molecule has 0 saturated heterocycles. The summed E-state index contributed by atoms with van der Waals surface area (Å²) in [6.07, 6.45) is 2.28. The summed E-state index contributed by atoms with van der Waals surface area (Å²) in [5.74, 6) is -0.719. The number of pyridine rings is 1. The number of aromatic nitrogens is 1. The predicted molar refractivity (Wildman–Crippen MR) is 78.9 cm³/mol. The first-order chi connectivity index (χ1) is 9.94. The lowest BCUT2D eigenvalue weighted by molar-refractivity contribution is 0.597. The Morgan fingerprint density at radius 1 is 1.29 bits per heavy atom. The number of halogens is 1. The fraction of sp³-hybridized carbons (Fsp3) is 0.214. The molecule has 0 saturated carbocycles. The van der Waals surface area contributed by atoms with Gasteiger partial charge in [0.1, 0.15) is 0 Å². The highest BCUT2D eigenvalue weighted by Crippen LogP contribution is 2.20. The minimum absolute atomic E-state index is 0.0922. The number of hydrogen-bond donors (Lipinski definition) is 2. The number of aryl methyl sites for hydroxylation is 1. The summed E-state index contributed by atoms with van der Waals surface area (Å²) in [4.78, 5) is 3.67. The molecule has 2 aromatic rings. The molecule has 21 heavy (non-hydrogen) atoms. The van der Waals surface area contributed by atoms with Crippen LogP contribution in [-0.2, 0) is 16.6 Å². The van der Waals surface area contributed by atoms with Crippen LogP contribution in [0.15, 0.2) is 41.6 Å². The minimum atomic E-state index is -3.84. The Kier molecular flexibility index (Phi) is 4.54. The third kappa shape index (κ3) is 3.56. The smallest absolute Gasteiger partial charge is 0.261 e. The fourth-order valence-electron chi connectivity index (χ4n) is 1.86. The van der Waals surface area contributed by atoms with Gasteiger partial charge < -0.3 is 5.32 Å². The molecule has 2 N–H and O–H groups in total. The first-order valence-corrected chi connectivity index (χ1v) is 7.79. The normalized spacial score (nSPS) is 11.4. The van der Waals surface area contributed by atoms with Crippen LogP contribution in [0.5, 0.6) is 0 Å². The number of rotatable bonds is 5. The van der Waals surface area contributed by atoms with Gasteiger partial charge in [0.05, 0.1) is 16.8 Å². The molecule has 0 fully saturated rings. The van der Waals surface area contributed by atoms with Gasteiger partial charge in [-0.1, -0.05) is 6.07 Å². The number of nitrogens with zero attached hydrogens (tertiary/aromatic N) is 1. The van der Waals surface area contributed by atoms with Gasteiger partial charge in [-0.25, -0.2) is 12.8 Å². The molecule has 0 unspecified atom stereocenters. The van der Waals surface area contributed by atoms with Gasteiger partial charge in [0.15, 0.2) is 5.82 Å². The van der Waals surface area contributed by atoms with Crippen LogP contribution in [0.3, 0.4) is 0 Å². The Bertz CT molecular complexity index is 748. The van der Waals surface area contributed by atoms with Crippen molar-refractivity contribution in [3.8, 4) is 0 Å². The van der Waals surface area contributed by atoms with Crippen LogP contribution in [0, 0.1) is 12.7 Å². The number of anilines is 1. The SMILES string of the molecule is CNCc1cc(S(=O)(=O)Nc2ccncc2F)ccc1C. The number of hydrogen-bond acceptors (Lipinski definition) is 4. The van der Waals surface area contributed by atoms with Gasteiger partial charge in [-0.2, -0.15) is 0 Å². The van der Waals surface area contributed by atoms with E-state index in [9.17, 15) is 12.8 Å². The van der Waals surface area contributed by atoms with Crippen LogP contribution in [0.2, 0.25) is 0 Å². The monoisotopic (exact) mass is 309 g/mol. The highest BCUT2D eigenvalue weighted by molar-refractivity contribution is 7.92. The lowest BCUT2D eigenvalue weighted by Crippen LogP contribution is -2.15. The topological polar surface area (TPSA) is 71.1 Å². The summed E-state index contributed by atoms with van der Waals surface area (Å²) in [6, 6.07) is 6.07. The third-order valence-corrected chi connectivity index (χ3v) is 4.38. The van der Waals surface area contributed by atoms with Gasteiger partial charge in [0.25, 0.3) is 10.0 Å². The van der Waals surface area contributed by atoms with Crippen LogP contribution >= 0.6 is 0 Å². The Morgan fingerprint density at radius 2 is 2.05 bits per heavy atom. The standard InChI is InChI=1S/C14H16FN3O2S/c1-10-3-4-12(7-11(10)8-16-2)21(19,20)18-14-5-6-17-9-13(14)15/h3-7,9,16H,8H2,1-2H3,(H,17,18). The second-order valence-electron chi connectivity index (χ2n) is 4.58. The number of sulfonamides is 1. The van der Waals surface area contributed by atoms with Crippen molar-refractivity contribution in [2.24, 2.45) is 0 Å². The van der Waals surface area contributed by atoms with Crippen LogP contribution < -0.4 is 10.0 Å². The first kappa shape index (κ1) is 15.4. The Labute approximate surface area is 123 Å². The summed E-state index contributed by atoms with van der Waals surface area (Å²) < 4.78 is 40.3. The van der Waals surface area contributed by atoms with Crippen molar-refractivity contribution in [3.05, 3.63) is 53.6 Å². The molecule has 0 aliphatic heterocycles. The molecule has 5 nitrogen and oxygen atoms in total. The van der Waals surface area contributed by atoms with E-state index < -0.39 is 15.8 Å². The molecule has 0 aliphatic carbocycles. The van der Waals surface area contributed by atoms with Gasteiger partial charge in [0.2, 0.25) is 0 Å². The average molecular weight is 309 g/mol. The maximum Gasteiger partial charge on any atom is 0.261 e. The van der Waals surface area contributed by atoms with Crippen molar-refractivity contribution in [2.45, 2.75) is 18.4 Å². The second kappa shape index (κ2) is 6.19. The van der Waals surface area contributed by atoms with Gasteiger partial charge in [-0.3, -0.25) is 9.71 Å². The van der Waals surface area contributed by atoms with Crippen molar-refractivity contribution in [2.75, 3.05) is 11.8 Å². The van der Waals surface area contributed by atoms with Crippen LogP contribution in [0.1, 0.15) is 11.1 Å². The Balaban J connectivity index is 2.36. The van der Waals surface area contributed by atoms with Crippen molar-refractivity contribution >= 4 is 15.7 Å². The molecule has 2 rings (SSSR count). The summed E-state index contributed by atoms with van der Waals surface area (Å²) in [5, 5.41) is 2.98. The third-order valence-electron chi connectivity index (χ3n) is 3.01. The fourth-order valence-corrected chi connectivity index (χ4v) is 2.98. The molecule has 1 aromatic carbocycles. The van der Waals surface area contributed by atoms with E-state index in [4.69, 9.17) is 0 Å². The molecule has 0 spiro atoms. The first-order valence-electron chi connectivity index (χ1n) is 6.30. The average Bonchev–Trinajstić information content (AvgIpc) is 2.44. The molecule has 1 heterocycles. The van der Waals surface area contributed by atoms with E-state index in [1.54, 1.807) is 19.2 Å². The molecule has 112 valence electrons. The quantitative estimate of drug-likeness (QED) is 0.887. The zero-order valence-corrected chi connectivity index (χ0v) is 12.5. The van der Waals surface area contributed by atoms with Gasteiger partial charge in [0, 0.05) is 12.7 Å². The van der Waals surface area contributed by atoms with Crippen LogP contribution in [0.4, 0.5) is 10.1 Å². The minimum Gasteiger partial charge on any atom is -0.316 e. The Morgan fingerprint density at radius 3 is 2.71 bits per heavy atom. The molecule has 7 heteroatoms. The maximum atomic E-state index is 13.5. The maximum absolute atomic E-state index is 13.5. The van der Waals surface area contributed by atoms with Crippen molar-refractivity contribution < 1.29 is 12.8 Å². The predicted octanol–water partition coefficient (Wildman–Crippen LogP) is 2.05. The molecule has 0 bridgehead atoms. The van der Waals surface area contributed by atoms with Gasteiger partial charge in [-0.05, 0) is 43.3 Å². The zero-order chi connectivity index (χ0) is 15.5. The highest BCUT2D eigenvalue weighted by atomic mass is 32.2. The molecule has 0 atom stereocenters. The van der Waals surface area contributed by atoms with Crippen molar-refractivity contribution in [1.29, 1.82) is 0 Å². The van der Waals surface area contributed by atoms with E-state index in [0.29, 0.717) is 6.54 Å². The molecular weight excluding hydrogens is 293 g/mol. The Hall–Kier alpha value is -1.99. The van der Waals surface area contributed by atoms with E-state index in [1.165, 1.54) is 18.3 Å². The van der Waals surface area contributed by atoms with Gasteiger partial charge in [-0.15, -0.1) is 0 Å². The summed E-state index contributed by atoms with van der Waals surface area (Å²) in [7, 11) is -2.06. The van der Waals surface area contributed by atoms with E-state index in [-0.39, 0.29) is 10.6 Å². The van der Waals surface area contributed by atoms with E-state index in [0.717, 1.165) is 17.3 Å². The second-order valence-corrected chi connectivity index (χ2v) is 6.26. The summed E-state index contributed by atoms with van der Waals surface area (Å²) in [5.41, 5.74) is 1.73. The molecule has 1 aromatic heterocycles. The zero-order valence-electron chi connectivity index (χ0n) is 11.7. The van der Waals surface area contributed by atoms with E-state index >= 15 is 0 Å². The van der Waals surface area contributed by atoms with E-state index in [2.05, 4.69) is 15.0 Å². The molecule has 0 amide bonds.